The third kappa shape index (κ3) is 2.51. The van der Waals surface area contributed by atoms with Gasteiger partial charge in [-0.1, -0.05) is 31.0 Å². The van der Waals surface area contributed by atoms with Crippen LogP contribution in [0.5, 0.6) is 0 Å². The minimum absolute atomic E-state index is 0.633. The molecule has 0 fully saturated rings. The summed E-state index contributed by atoms with van der Waals surface area (Å²) in [7, 11) is 0. The molecule has 0 aliphatic heterocycles. The molecule has 1 aromatic carbocycles. The first kappa shape index (κ1) is 11.8. The highest BCUT2D eigenvalue weighted by molar-refractivity contribution is 5.83. The van der Waals surface area contributed by atoms with E-state index in [2.05, 4.69) is 53.2 Å². The Kier molecular flexibility index (Phi) is 3.85. The van der Waals surface area contributed by atoms with E-state index in [0.29, 0.717) is 6.54 Å². The van der Waals surface area contributed by atoms with E-state index in [1.54, 1.807) is 0 Å². The average molecular weight is 226 g/mol. The number of benzene rings is 1. The molecule has 0 saturated carbocycles. The van der Waals surface area contributed by atoms with Crippen LogP contribution in [0.15, 0.2) is 30.5 Å². The Hall–Kier alpha value is -1.72. The minimum Gasteiger partial charge on any atom is -0.336 e. The van der Waals surface area contributed by atoms with Crippen LogP contribution in [0.3, 0.4) is 0 Å². The van der Waals surface area contributed by atoms with E-state index < -0.39 is 0 Å². The van der Waals surface area contributed by atoms with Gasteiger partial charge in [-0.15, -0.1) is 6.42 Å². The second kappa shape index (κ2) is 5.56. The van der Waals surface area contributed by atoms with Gasteiger partial charge < -0.3 is 9.88 Å². The average Bonchev–Trinajstić information content (AvgIpc) is 2.75. The fourth-order valence-corrected chi connectivity index (χ4v) is 2.11. The summed E-state index contributed by atoms with van der Waals surface area (Å²) >= 11 is 0. The number of rotatable bonds is 5. The predicted molar refractivity (Wildman–Crippen MR) is 72.8 cm³/mol. The van der Waals surface area contributed by atoms with Crippen LogP contribution in [0.2, 0.25) is 0 Å². The standard InChI is InChI=1S/C15H18N2/c1-3-9-16-12-14-7-5-6-13-8-11-17(10-4-2)15(13)14/h2,5-8,11,16H,3,9-10,12H2,1H3. The molecule has 17 heavy (non-hydrogen) atoms. The van der Waals surface area contributed by atoms with Crippen LogP contribution in [-0.2, 0) is 13.1 Å². The topological polar surface area (TPSA) is 17.0 Å². The van der Waals surface area contributed by atoms with Crippen molar-refractivity contribution in [2.45, 2.75) is 26.4 Å². The predicted octanol–water partition coefficient (Wildman–Crippen LogP) is 2.77. The van der Waals surface area contributed by atoms with Crippen LogP contribution >= 0.6 is 0 Å². The quantitative estimate of drug-likeness (QED) is 0.613. The Morgan fingerprint density at radius 1 is 1.35 bits per heavy atom. The summed E-state index contributed by atoms with van der Waals surface area (Å²) in [4.78, 5) is 0. The highest BCUT2D eigenvalue weighted by Gasteiger charge is 2.05. The molecule has 2 aromatic rings. The number of terminal acetylenes is 1. The fourth-order valence-electron chi connectivity index (χ4n) is 2.11. The number of nitrogens with one attached hydrogen (secondary N) is 1. The van der Waals surface area contributed by atoms with E-state index in [1.165, 1.54) is 16.5 Å². The summed E-state index contributed by atoms with van der Waals surface area (Å²) < 4.78 is 2.14. The number of aromatic nitrogens is 1. The first-order valence-corrected chi connectivity index (χ1v) is 6.07. The highest BCUT2D eigenvalue weighted by Crippen LogP contribution is 2.20. The third-order valence-electron chi connectivity index (χ3n) is 2.88. The molecule has 0 bridgehead atoms. The van der Waals surface area contributed by atoms with Crippen molar-refractivity contribution in [1.82, 2.24) is 9.88 Å². The Morgan fingerprint density at radius 2 is 2.24 bits per heavy atom. The molecule has 0 atom stereocenters. The summed E-state index contributed by atoms with van der Waals surface area (Å²) in [5.41, 5.74) is 2.57. The molecular weight excluding hydrogens is 208 g/mol. The van der Waals surface area contributed by atoms with Gasteiger partial charge in [0.05, 0.1) is 12.1 Å². The van der Waals surface area contributed by atoms with Gasteiger partial charge in [0, 0.05) is 12.7 Å². The molecule has 1 aromatic heterocycles. The Bertz CT molecular complexity index is 531. The maximum atomic E-state index is 5.40. The molecule has 0 aliphatic carbocycles. The summed E-state index contributed by atoms with van der Waals surface area (Å²) in [6, 6.07) is 8.52. The van der Waals surface area contributed by atoms with Crippen LogP contribution in [0.4, 0.5) is 0 Å². The van der Waals surface area contributed by atoms with Gasteiger partial charge in [0.1, 0.15) is 0 Å². The molecule has 88 valence electrons. The number of nitrogens with zero attached hydrogens (tertiary/aromatic N) is 1. The molecular formula is C15H18N2. The van der Waals surface area contributed by atoms with Crippen molar-refractivity contribution in [3.8, 4) is 12.3 Å². The third-order valence-corrected chi connectivity index (χ3v) is 2.88. The molecule has 0 saturated heterocycles. The lowest BCUT2D eigenvalue weighted by Crippen LogP contribution is -2.14. The number of hydrogen-bond donors (Lipinski definition) is 1. The molecule has 0 amide bonds. The van der Waals surface area contributed by atoms with Gasteiger partial charge in [-0.05, 0) is 30.0 Å². The van der Waals surface area contributed by atoms with Gasteiger partial charge in [-0.3, -0.25) is 0 Å². The summed E-state index contributed by atoms with van der Waals surface area (Å²) in [6.45, 7) is 4.76. The lowest BCUT2D eigenvalue weighted by Gasteiger charge is -2.08. The van der Waals surface area contributed by atoms with Crippen LogP contribution < -0.4 is 5.32 Å². The zero-order valence-electron chi connectivity index (χ0n) is 10.2. The maximum absolute atomic E-state index is 5.40. The summed E-state index contributed by atoms with van der Waals surface area (Å²) in [6.07, 6.45) is 8.61. The normalized spacial score (nSPS) is 10.6. The van der Waals surface area contributed by atoms with E-state index in [0.717, 1.165) is 19.5 Å². The molecule has 2 heteroatoms. The van der Waals surface area contributed by atoms with Crippen molar-refractivity contribution in [2.24, 2.45) is 0 Å². The largest absolute Gasteiger partial charge is 0.336 e. The smallest absolute Gasteiger partial charge is 0.0835 e. The van der Waals surface area contributed by atoms with Gasteiger partial charge in [0.15, 0.2) is 0 Å². The zero-order valence-corrected chi connectivity index (χ0v) is 10.2. The summed E-state index contributed by atoms with van der Waals surface area (Å²) in [5.74, 6) is 2.70. The lowest BCUT2D eigenvalue weighted by molar-refractivity contribution is 0.675. The number of para-hydroxylation sites is 1. The van der Waals surface area contributed by atoms with E-state index >= 15 is 0 Å². The van der Waals surface area contributed by atoms with Gasteiger partial charge in [0.25, 0.3) is 0 Å². The molecule has 2 rings (SSSR count). The molecule has 1 heterocycles. The molecule has 0 aliphatic rings. The first-order valence-electron chi connectivity index (χ1n) is 6.07. The van der Waals surface area contributed by atoms with Crippen molar-refractivity contribution >= 4 is 10.9 Å². The van der Waals surface area contributed by atoms with Gasteiger partial charge >= 0.3 is 0 Å². The second-order valence-corrected chi connectivity index (χ2v) is 4.18. The van der Waals surface area contributed by atoms with Crippen LogP contribution in [0, 0.1) is 12.3 Å². The van der Waals surface area contributed by atoms with Crippen molar-refractivity contribution in [3.05, 3.63) is 36.0 Å². The second-order valence-electron chi connectivity index (χ2n) is 4.18. The fraction of sp³-hybridized carbons (Fsp3) is 0.333. The molecule has 1 N–H and O–H groups in total. The van der Waals surface area contributed by atoms with Crippen LogP contribution in [0.25, 0.3) is 10.9 Å². The number of hydrogen-bond acceptors (Lipinski definition) is 1. The zero-order chi connectivity index (χ0) is 12.1. The highest BCUT2D eigenvalue weighted by atomic mass is 15.0. The van der Waals surface area contributed by atoms with Crippen molar-refractivity contribution in [2.75, 3.05) is 6.54 Å². The van der Waals surface area contributed by atoms with Crippen molar-refractivity contribution in [1.29, 1.82) is 0 Å². The van der Waals surface area contributed by atoms with E-state index in [1.807, 2.05) is 0 Å². The van der Waals surface area contributed by atoms with Crippen molar-refractivity contribution in [3.63, 3.8) is 0 Å². The van der Waals surface area contributed by atoms with E-state index in [-0.39, 0.29) is 0 Å². The van der Waals surface area contributed by atoms with Crippen molar-refractivity contribution < 1.29 is 0 Å². The van der Waals surface area contributed by atoms with Crippen LogP contribution in [0.1, 0.15) is 18.9 Å². The van der Waals surface area contributed by atoms with Crippen LogP contribution in [-0.4, -0.2) is 11.1 Å². The molecule has 0 radical (unpaired) electrons. The maximum Gasteiger partial charge on any atom is 0.0835 e. The van der Waals surface area contributed by atoms with E-state index in [4.69, 9.17) is 6.42 Å². The molecule has 0 unspecified atom stereocenters. The Morgan fingerprint density at radius 3 is 3.00 bits per heavy atom. The Labute approximate surface area is 103 Å². The van der Waals surface area contributed by atoms with Gasteiger partial charge in [-0.2, -0.15) is 0 Å². The monoisotopic (exact) mass is 226 g/mol. The Balaban J connectivity index is 2.33. The number of fused-ring (bicyclic) bond motifs is 1. The molecule has 0 spiro atoms. The van der Waals surface area contributed by atoms with Gasteiger partial charge in [0.2, 0.25) is 0 Å². The minimum atomic E-state index is 0.633. The molecule has 2 nitrogen and oxygen atoms in total. The van der Waals surface area contributed by atoms with Gasteiger partial charge in [-0.25, -0.2) is 0 Å². The lowest BCUT2D eigenvalue weighted by atomic mass is 10.1. The summed E-state index contributed by atoms with van der Waals surface area (Å²) in [5, 5.41) is 4.70. The van der Waals surface area contributed by atoms with E-state index in [9.17, 15) is 0 Å². The first-order chi connectivity index (χ1) is 8.36. The SMILES string of the molecule is C#CCn1ccc2cccc(CNCCC)c21.